The van der Waals surface area contributed by atoms with Gasteiger partial charge in [-0.15, -0.1) is 0 Å². The standard InChI is InChI=1S/C26H20BrN3O2/c27-19-9-6-16(7-10-19)14-23(32)29-26-24(17-4-2-1-3-5-17)30-25-21-12-11-20(31)15-18(21)8-13-22(25)28-26/h1-7,9-12,15,31H,8,13-14H2,(H,28,29,32). The van der Waals surface area contributed by atoms with Crippen molar-refractivity contribution >= 4 is 27.7 Å². The molecule has 0 bridgehead atoms. The molecule has 6 heteroatoms. The average Bonchev–Trinajstić information content (AvgIpc) is 2.80. The molecule has 3 aromatic carbocycles. The molecule has 4 aromatic rings. The fraction of sp³-hybridized carbons (Fsp3) is 0.115. The maximum Gasteiger partial charge on any atom is 0.230 e. The highest BCUT2D eigenvalue weighted by atomic mass is 79.9. The Hall–Kier alpha value is -3.51. The number of aromatic nitrogens is 2. The van der Waals surface area contributed by atoms with Gasteiger partial charge in [-0.1, -0.05) is 58.4 Å². The van der Waals surface area contributed by atoms with Gasteiger partial charge >= 0.3 is 0 Å². The number of benzene rings is 3. The molecule has 1 aliphatic carbocycles. The highest BCUT2D eigenvalue weighted by Crippen LogP contribution is 2.36. The molecule has 1 heterocycles. The van der Waals surface area contributed by atoms with Gasteiger partial charge in [0.05, 0.1) is 17.8 Å². The van der Waals surface area contributed by atoms with E-state index in [1.165, 1.54) is 0 Å². The number of phenolic OH excluding ortho intramolecular Hbond substituents is 1. The fourth-order valence-electron chi connectivity index (χ4n) is 3.98. The highest BCUT2D eigenvalue weighted by molar-refractivity contribution is 9.10. The number of amides is 1. The first-order valence-corrected chi connectivity index (χ1v) is 11.2. The van der Waals surface area contributed by atoms with Gasteiger partial charge in [-0.3, -0.25) is 4.79 Å². The summed E-state index contributed by atoms with van der Waals surface area (Å²) in [7, 11) is 0. The topological polar surface area (TPSA) is 75.1 Å². The molecule has 5 nitrogen and oxygen atoms in total. The fourth-order valence-corrected chi connectivity index (χ4v) is 4.24. The van der Waals surface area contributed by atoms with Gasteiger partial charge < -0.3 is 10.4 Å². The second kappa shape index (κ2) is 8.55. The van der Waals surface area contributed by atoms with Crippen LogP contribution in [0.3, 0.4) is 0 Å². The van der Waals surface area contributed by atoms with Crippen LogP contribution in [0.15, 0.2) is 77.3 Å². The van der Waals surface area contributed by atoms with Crippen molar-refractivity contribution in [2.45, 2.75) is 19.3 Å². The third-order valence-electron chi connectivity index (χ3n) is 5.53. The van der Waals surface area contributed by atoms with E-state index < -0.39 is 0 Å². The molecule has 5 rings (SSSR count). The number of carbonyl (C=O) groups excluding carboxylic acids is 1. The normalized spacial score (nSPS) is 12.0. The molecule has 0 aliphatic heterocycles. The van der Waals surface area contributed by atoms with Crippen molar-refractivity contribution in [3.63, 3.8) is 0 Å². The maximum atomic E-state index is 12.8. The van der Waals surface area contributed by atoms with E-state index in [1.54, 1.807) is 12.1 Å². The molecule has 0 unspecified atom stereocenters. The van der Waals surface area contributed by atoms with Crippen LogP contribution in [0.4, 0.5) is 5.82 Å². The molecule has 158 valence electrons. The van der Waals surface area contributed by atoms with E-state index in [9.17, 15) is 9.90 Å². The van der Waals surface area contributed by atoms with Gasteiger partial charge in [-0.25, -0.2) is 9.97 Å². The number of anilines is 1. The molecule has 32 heavy (non-hydrogen) atoms. The summed E-state index contributed by atoms with van der Waals surface area (Å²) in [5.41, 5.74) is 6.12. The van der Waals surface area contributed by atoms with Gasteiger partial charge in [0.25, 0.3) is 0 Å². The summed E-state index contributed by atoms with van der Waals surface area (Å²) in [5, 5.41) is 12.9. The smallest absolute Gasteiger partial charge is 0.230 e. The molecular formula is C26H20BrN3O2. The second-order valence-corrected chi connectivity index (χ2v) is 8.69. The Morgan fingerprint density at radius 1 is 0.938 bits per heavy atom. The van der Waals surface area contributed by atoms with Crippen LogP contribution < -0.4 is 5.32 Å². The van der Waals surface area contributed by atoms with E-state index in [4.69, 9.17) is 9.97 Å². The Kier molecular flexibility index (Phi) is 5.45. The number of aryl methyl sites for hydroxylation is 2. The van der Waals surface area contributed by atoms with Crippen molar-refractivity contribution in [3.05, 3.63) is 94.1 Å². The van der Waals surface area contributed by atoms with Crippen molar-refractivity contribution in [1.82, 2.24) is 9.97 Å². The third-order valence-corrected chi connectivity index (χ3v) is 6.05. The van der Waals surface area contributed by atoms with Crippen LogP contribution in [0.25, 0.3) is 22.5 Å². The number of hydrogen-bond acceptors (Lipinski definition) is 4. The van der Waals surface area contributed by atoms with E-state index in [1.807, 2.05) is 60.7 Å². The minimum Gasteiger partial charge on any atom is -0.508 e. The summed E-state index contributed by atoms with van der Waals surface area (Å²) in [4.78, 5) is 22.6. The molecule has 2 N–H and O–H groups in total. The maximum absolute atomic E-state index is 12.8. The van der Waals surface area contributed by atoms with Gasteiger partial charge in [0, 0.05) is 15.6 Å². The summed E-state index contributed by atoms with van der Waals surface area (Å²) in [6.07, 6.45) is 1.72. The number of aromatic hydroxyl groups is 1. The molecular weight excluding hydrogens is 466 g/mol. The van der Waals surface area contributed by atoms with Crippen LogP contribution in [-0.2, 0) is 24.1 Å². The molecule has 0 radical (unpaired) electrons. The van der Waals surface area contributed by atoms with Crippen LogP contribution in [0.5, 0.6) is 5.75 Å². The lowest BCUT2D eigenvalue weighted by atomic mass is 9.91. The zero-order valence-corrected chi connectivity index (χ0v) is 18.8. The number of rotatable bonds is 4. The van der Waals surface area contributed by atoms with Crippen molar-refractivity contribution < 1.29 is 9.90 Å². The lowest BCUT2D eigenvalue weighted by Crippen LogP contribution is -2.18. The summed E-state index contributed by atoms with van der Waals surface area (Å²) in [6, 6.07) is 22.8. The van der Waals surface area contributed by atoms with Gasteiger partial charge in [0.1, 0.15) is 11.4 Å². The molecule has 1 aliphatic rings. The second-order valence-electron chi connectivity index (χ2n) is 7.78. The first-order valence-electron chi connectivity index (χ1n) is 10.4. The molecule has 0 spiro atoms. The third kappa shape index (κ3) is 4.14. The number of nitrogens with one attached hydrogen (secondary N) is 1. The Morgan fingerprint density at radius 3 is 2.50 bits per heavy atom. The van der Waals surface area contributed by atoms with Gasteiger partial charge in [0.15, 0.2) is 5.82 Å². The lowest BCUT2D eigenvalue weighted by Gasteiger charge is -2.21. The number of halogens is 1. The molecule has 1 amide bonds. The van der Waals surface area contributed by atoms with E-state index in [0.717, 1.165) is 44.5 Å². The minimum atomic E-state index is -0.139. The molecule has 1 aromatic heterocycles. The summed E-state index contributed by atoms with van der Waals surface area (Å²) >= 11 is 3.42. The van der Waals surface area contributed by atoms with E-state index >= 15 is 0 Å². The van der Waals surface area contributed by atoms with Gasteiger partial charge in [-0.05, 0) is 54.3 Å². The van der Waals surface area contributed by atoms with Crippen LogP contribution in [-0.4, -0.2) is 21.0 Å². The zero-order chi connectivity index (χ0) is 22.1. The zero-order valence-electron chi connectivity index (χ0n) is 17.2. The van der Waals surface area contributed by atoms with E-state index in [0.29, 0.717) is 17.9 Å². The van der Waals surface area contributed by atoms with E-state index in [2.05, 4.69) is 21.2 Å². The largest absolute Gasteiger partial charge is 0.508 e. The van der Waals surface area contributed by atoms with E-state index in [-0.39, 0.29) is 18.1 Å². The summed E-state index contributed by atoms with van der Waals surface area (Å²) in [6.45, 7) is 0. The Morgan fingerprint density at radius 2 is 1.72 bits per heavy atom. The van der Waals surface area contributed by atoms with Crippen LogP contribution in [0.1, 0.15) is 16.8 Å². The molecule has 0 saturated carbocycles. The highest BCUT2D eigenvalue weighted by Gasteiger charge is 2.23. The van der Waals surface area contributed by atoms with Crippen molar-refractivity contribution in [2.75, 3.05) is 5.32 Å². The quantitative estimate of drug-likeness (QED) is 0.396. The predicted octanol–water partition coefficient (Wildman–Crippen LogP) is 5.56. The average molecular weight is 486 g/mol. The molecule has 0 saturated heterocycles. The van der Waals surface area contributed by atoms with Crippen LogP contribution >= 0.6 is 15.9 Å². The van der Waals surface area contributed by atoms with Crippen LogP contribution in [0.2, 0.25) is 0 Å². The van der Waals surface area contributed by atoms with Crippen LogP contribution in [0, 0.1) is 0 Å². The summed E-state index contributed by atoms with van der Waals surface area (Å²) < 4.78 is 0.974. The van der Waals surface area contributed by atoms with Crippen molar-refractivity contribution in [2.24, 2.45) is 0 Å². The first-order chi connectivity index (χ1) is 15.6. The minimum absolute atomic E-state index is 0.139. The van der Waals surface area contributed by atoms with Gasteiger partial charge in [0.2, 0.25) is 5.91 Å². The van der Waals surface area contributed by atoms with Crippen molar-refractivity contribution in [1.29, 1.82) is 0 Å². The SMILES string of the molecule is O=C(Cc1ccc(Br)cc1)Nc1nc2c(nc1-c1ccccc1)-c1ccc(O)cc1CC2. The summed E-state index contributed by atoms with van der Waals surface area (Å²) in [5.74, 6) is 0.583. The Bertz CT molecular complexity index is 1300. The Labute approximate surface area is 194 Å². The van der Waals surface area contributed by atoms with Gasteiger partial charge in [-0.2, -0.15) is 0 Å². The molecule has 0 fully saturated rings. The monoisotopic (exact) mass is 485 g/mol. The number of carbonyl (C=O) groups is 1. The Balaban J connectivity index is 1.54. The number of hydrogen-bond donors (Lipinski definition) is 2. The predicted molar refractivity (Wildman–Crippen MR) is 128 cm³/mol. The molecule has 0 atom stereocenters. The number of nitrogens with zero attached hydrogens (tertiary/aromatic N) is 2. The number of fused-ring (bicyclic) bond motifs is 3. The van der Waals surface area contributed by atoms with Crippen molar-refractivity contribution in [3.8, 4) is 28.3 Å². The number of phenols is 1. The first kappa shape index (κ1) is 20.4. The lowest BCUT2D eigenvalue weighted by molar-refractivity contribution is -0.115.